The van der Waals surface area contributed by atoms with E-state index in [2.05, 4.69) is 21.0 Å². The van der Waals surface area contributed by atoms with Crippen LogP contribution in [-0.4, -0.2) is 22.9 Å². The van der Waals surface area contributed by atoms with E-state index in [4.69, 9.17) is 4.74 Å². The summed E-state index contributed by atoms with van der Waals surface area (Å²) >= 11 is 3.43. The summed E-state index contributed by atoms with van der Waals surface area (Å²) in [6, 6.07) is 3.54. The monoisotopic (exact) mass is 282 g/mol. The summed E-state index contributed by atoms with van der Waals surface area (Å²) in [5.41, 5.74) is 1.45. The number of fused-ring (bicyclic) bond motifs is 1. The molecule has 84 valence electrons. The van der Waals surface area contributed by atoms with Gasteiger partial charge in [-0.1, -0.05) is 15.9 Å². The van der Waals surface area contributed by atoms with Crippen LogP contribution < -0.4 is 0 Å². The van der Waals surface area contributed by atoms with Crippen LogP contribution in [0.3, 0.4) is 0 Å². The summed E-state index contributed by atoms with van der Waals surface area (Å²) in [4.78, 5) is 11.5. The van der Waals surface area contributed by atoms with Gasteiger partial charge in [0.15, 0.2) is 0 Å². The Labute approximate surface area is 101 Å². The van der Waals surface area contributed by atoms with Gasteiger partial charge in [-0.15, -0.1) is 0 Å². The first-order valence-corrected chi connectivity index (χ1v) is 5.70. The minimum absolute atomic E-state index is 0.341. The predicted octanol–water partition coefficient (Wildman–Crippen LogP) is 2.61. The third kappa shape index (κ3) is 1.71. The zero-order valence-corrected chi connectivity index (χ0v) is 10.6. The molecule has 2 aromatic rings. The van der Waals surface area contributed by atoms with Gasteiger partial charge in [-0.2, -0.15) is 5.10 Å². The SMILES string of the molecule is CCn1ncc2c(Br)cc(C(=O)OC)cc21. The van der Waals surface area contributed by atoms with Crippen molar-refractivity contribution in [1.29, 1.82) is 0 Å². The maximum absolute atomic E-state index is 11.5. The lowest BCUT2D eigenvalue weighted by Crippen LogP contribution is -2.02. The Hall–Kier alpha value is -1.36. The van der Waals surface area contributed by atoms with Gasteiger partial charge in [0.1, 0.15) is 0 Å². The number of rotatable bonds is 2. The van der Waals surface area contributed by atoms with Crippen LogP contribution in [0.1, 0.15) is 17.3 Å². The van der Waals surface area contributed by atoms with E-state index in [9.17, 15) is 4.79 Å². The van der Waals surface area contributed by atoms with Gasteiger partial charge >= 0.3 is 5.97 Å². The number of methoxy groups -OCH3 is 1. The molecule has 0 saturated heterocycles. The highest BCUT2D eigenvalue weighted by Crippen LogP contribution is 2.26. The van der Waals surface area contributed by atoms with Crippen LogP contribution in [-0.2, 0) is 11.3 Å². The third-order valence-electron chi connectivity index (χ3n) is 2.43. The Morgan fingerprint density at radius 1 is 1.56 bits per heavy atom. The van der Waals surface area contributed by atoms with Crippen molar-refractivity contribution in [2.45, 2.75) is 13.5 Å². The number of hydrogen-bond donors (Lipinski definition) is 0. The first-order valence-electron chi connectivity index (χ1n) is 4.90. The van der Waals surface area contributed by atoms with E-state index in [1.54, 1.807) is 18.3 Å². The van der Waals surface area contributed by atoms with Crippen LogP contribution in [0, 0.1) is 0 Å². The van der Waals surface area contributed by atoms with Gasteiger partial charge in [0.25, 0.3) is 0 Å². The fourth-order valence-corrected chi connectivity index (χ4v) is 2.17. The van der Waals surface area contributed by atoms with Gasteiger partial charge in [-0.3, -0.25) is 4.68 Å². The molecular formula is C11H11BrN2O2. The van der Waals surface area contributed by atoms with E-state index >= 15 is 0 Å². The van der Waals surface area contributed by atoms with Crippen molar-refractivity contribution in [2.75, 3.05) is 7.11 Å². The quantitative estimate of drug-likeness (QED) is 0.796. The second-order valence-electron chi connectivity index (χ2n) is 3.34. The molecule has 0 saturated carbocycles. The number of carbonyl (C=O) groups is 1. The van der Waals surface area contributed by atoms with Gasteiger partial charge in [0.2, 0.25) is 0 Å². The van der Waals surface area contributed by atoms with Gasteiger partial charge < -0.3 is 4.74 Å². The summed E-state index contributed by atoms with van der Waals surface area (Å²) in [6.45, 7) is 2.77. The lowest BCUT2D eigenvalue weighted by molar-refractivity contribution is 0.0601. The molecule has 0 radical (unpaired) electrons. The minimum atomic E-state index is -0.341. The summed E-state index contributed by atoms with van der Waals surface area (Å²) in [5, 5.41) is 5.23. The Morgan fingerprint density at radius 2 is 2.31 bits per heavy atom. The highest BCUT2D eigenvalue weighted by atomic mass is 79.9. The molecule has 0 bridgehead atoms. The number of nitrogens with zero attached hydrogens (tertiary/aromatic N) is 2. The highest BCUT2D eigenvalue weighted by molar-refractivity contribution is 9.10. The average Bonchev–Trinajstić information content (AvgIpc) is 2.71. The van der Waals surface area contributed by atoms with Gasteiger partial charge in [-0.25, -0.2) is 4.79 Å². The lowest BCUT2D eigenvalue weighted by atomic mass is 10.1. The molecule has 0 fully saturated rings. The number of benzene rings is 1. The Kier molecular flexibility index (Phi) is 2.96. The van der Waals surface area contributed by atoms with Crippen LogP contribution in [0.5, 0.6) is 0 Å². The van der Waals surface area contributed by atoms with Gasteiger partial charge in [0, 0.05) is 16.4 Å². The molecule has 0 aliphatic heterocycles. The molecule has 0 unspecified atom stereocenters. The smallest absolute Gasteiger partial charge is 0.337 e. The van der Waals surface area contributed by atoms with E-state index in [0.717, 1.165) is 21.9 Å². The summed E-state index contributed by atoms with van der Waals surface area (Å²) in [7, 11) is 1.37. The van der Waals surface area contributed by atoms with Crippen LogP contribution in [0.4, 0.5) is 0 Å². The molecule has 0 aliphatic rings. The maximum atomic E-state index is 11.5. The fraction of sp³-hybridized carbons (Fsp3) is 0.273. The first-order chi connectivity index (χ1) is 7.67. The number of ether oxygens (including phenoxy) is 1. The van der Waals surface area contributed by atoms with Crippen molar-refractivity contribution >= 4 is 32.8 Å². The Morgan fingerprint density at radius 3 is 2.94 bits per heavy atom. The average molecular weight is 283 g/mol. The largest absolute Gasteiger partial charge is 0.465 e. The van der Waals surface area contributed by atoms with Crippen molar-refractivity contribution in [2.24, 2.45) is 0 Å². The van der Waals surface area contributed by atoms with E-state index in [-0.39, 0.29) is 5.97 Å². The van der Waals surface area contributed by atoms with Crippen LogP contribution >= 0.6 is 15.9 Å². The standard InChI is InChI=1S/C11H11BrN2O2/c1-3-14-10-5-7(11(15)16-2)4-9(12)8(10)6-13-14/h4-6H,3H2,1-2H3. The zero-order chi connectivity index (χ0) is 11.7. The molecule has 1 aromatic heterocycles. The Bertz CT molecular complexity index is 548. The number of aromatic nitrogens is 2. The van der Waals surface area contributed by atoms with Gasteiger partial charge in [-0.05, 0) is 19.1 Å². The second-order valence-corrected chi connectivity index (χ2v) is 4.20. The molecule has 5 heteroatoms. The van der Waals surface area contributed by atoms with Crippen LogP contribution in [0.15, 0.2) is 22.8 Å². The number of esters is 1. The summed E-state index contributed by atoms with van der Waals surface area (Å²) in [5.74, 6) is -0.341. The van der Waals surface area contributed by atoms with Crippen molar-refractivity contribution in [1.82, 2.24) is 9.78 Å². The third-order valence-corrected chi connectivity index (χ3v) is 3.09. The van der Waals surface area contributed by atoms with Crippen molar-refractivity contribution in [3.8, 4) is 0 Å². The molecule has 0 amide bonds. The van der Waals surface area contributed by atoms with Crippen LogP contribution in [0.25, 0.3) is 10.9 Å². The van der Waals surface area contributed by atoms with E-state index < -0.39 is 0 Å². The maximum Gasteiger partial charge on any atom is 0.337 e. The summed E-state index contributed by atoms with van der Waals surface area (Å²) in [6.07, 6.45) is 1.78. The number of halogens is 1. The molecule has 2 rings (SSSR count). The Balaban J connectivity index is 2.68. The number of hydrogen-bond acceptors (Lipinski definition) is 3. The molecular weight excluding hydrogens is 272 g/mol. The van der Waals surface area contributed by atoms with E-state index in [1.165, 1.54) is 7.11 Å². The molecule has 0 atom stereocenters. The molecule has 16 heavy (non-hydrogen) atoms. The molecule has 1 aromatic carbocycles. The van der Waals surface area contributed by atoms with Crippen LogP contribution in [0.2, 0.25) is 0 Å². The summed E-state index contributed by atoms with van der Waals surface area (Å²) < 4.78 is 7.39. The van der Waals surface area contributed by atoms with Crippen molar-refractivity contribution < 1.29 is 9.53 Å². The van der Waals surface area contributed by atoms with Gasteiger partial charge in [0.05, 0.1) is 24.4 Å². The second kappa shape index (κ2) is 4.25. The first kappa shape index (κ1) is 11.1. The van der Waals surface area contributed by atoms with E-state index in [0.29, 0.717) is 5.56 Å². The highest BCUT2D eigenvalue weighted by Gasteiger charge is 2.12. The molecule has 0 aliphatic carbocycles. The molecule has 0 N–H and O–H groups in total. The fourth-order valence-electron chi connectivity index (χ4n) is 1.62. The topological polar surface area (TPSA) is 44.1 Å². The van der Waals surface area contributed by atoms with Crippen molar-refractivity contribution in [3.63, 3.8) is 0 Å². The van der Waals surface area contributed by atoms with Crippen molar-refractivity contribution in [3.05, 3.63) is 28.4 Å². The lowest BCUT2D eigenvalue weighted by Gasteiger charge is -2.03. The number of carbonyl (C=O) groups excluding carboxylic acids is 1. The molecule has 0 spiro atoms. The number of aryl methyl sites for hydroxylation is 1. The molecule has 1 heterocycles. The minimum Gasteiger partial charge on any atom is -0.465 e. The zero-order valence-electron chi connectivity index (χ0n) is 9.03. The molecule has 4 nitrogen and oxygen atoms in total. The normalized spacial score (nSPS) is 10.7. The predicted molar refractivity (Wildman–Crippen MR) is 64.4 cm³/mol. The van der Waals surface area contributed by atoms with E-state index in [1.807, 2.05) is 11.6 Å².